The minimum absolute atomic E-state index is 0.170. The van der Waals surface area contributed by atoms with Gasteiger partial charge in [0, 0.05) is 28.5 Å². The van der Waals surface area contributed by atoms with Crippen molar-refractivity contribution in [3.05, 3.63) is 71.4 Å². The normalized spacial score (nSPS) is 12.3. The van der Waals surface area contributed by atoms with Crippen molar-refractivity contribution >= 4 is 29.3 Å². The molecule has 0 aliphatic rings. The fourth-order valence-corrected chi connectivity index (χ4v) is 3.43. The van der Waals surface area contributed by atoms with Crippen LogP contribution in [0.4, 0.5) is 0 Å². The minimum Gasteiger partial charge on any atom is -0.294 e. The third-order valence-electron chi connectivity index (χ3n) is 4.44. The Labute approximate surface area is 148 Å². The zero-order chi connectivity index (χ0) is 17.1. The molecule has 122 valence electrons. The lowest BCUT2D eigenvalue weighted by Crippen LogP contribution is -2.04. The number of carbonyl (C=O) groups is 1. The molecular formula is C21H21NOS. The molecule has 1 unspecified atom stereocenters. The summed E-state index contributed by atoms with van der Waals surface area (Å²) >= 11 is 4.49. The van der Waals surface area contributed by atoms with Gasteiger partial charge in [0.1, 0.15) is 0 Å². The number of Topliss-reactive ketones (excluding diaryl/α,β-unsaturated/α-hetero) is 1. The third kappa shape index (κ3) is 3.51. The molecule has 0 saturated carbocycles. The van der Waals surface area contributed by atoms with Gasteiger partial charge in [-0.2, -0.15) is 0 Å². The molecule has 0 radical (unpaired) electrons. The van der Waals surface area contributed by atoms with Crippen LogP contribution in [0.2, 0.25) is 0 Å². The summed E-state index contributed by atoms with van der Waals surface area (Å²) in [5.74, 6) is 0.536. The first-order valence-electron chi connectivity index (χ1n) is 8.22. The summed E-state index contributed by atoms with van der Waals surface area (Å²) in [4.78, 5) is 18.0. The number of ketones is 1. The van der Waals surface area contributed by atoms with Gasteiger partial charge in [0.2, 0.25) is 0 Å². The van der Waals surface area contributed by atoms with Crippen molar-refractivity contribution in [2.75, 3.05) is 0 Å². The highest BCUT2D eigenvalue weighted by molar-refractivity contribution is 7.80. The number of carbonyl (C=O) groups excluding carboxylic acids is 1. The molecule has 2 nitrogen and oxygen atoms in total. The predicted molar refractivity (Wildman–Crippen MR) is 102 cm³/mol. The average Bonchev–Trinajstić information content (AvgIpc) is 2.59. The Balaban J connectivity index is 1.82. The predicted octanol–water partition coefficient (Wildman–Crippen LogP) is 5.60. The second-order valence-corrected chi connectivity index (χ2v) is 6.79. The van der Waals surface area contributed by atoms with E-state index in [1.807, 2.05) is 43.3 Å². The zero-order valence-electron chi connectivity index (χ0n) is 14.0. The van der Waals surface area contributed by atoms with Gasteiger partial charge in [0.15, 0.2) is 5.78 Å². The summed E-state index contributed by atoms with van der Waals surface area (Å²) in [5, 5.41) is 0.903. The van der Waals surface area contributed by atoms with Crippen molar-refractivity contribution in [1.29, 1.82) is 0 Å². The first kappa shape index (κ1) is 16.7. The lowest BCUT2D eigenvalue weighted by molar-refractivity contribution is 0.0979. The van der Waals surface area contributed by atoms with E-state index in [2.05, 4.69) is 36.7 Å². The minimum atomic E-state index is 0.170. The van der Waals surface area contributed by atoms with Crippen LogP contribution in [-0.2, 0) is 0 Å². The summed E-state index contributed by atoms with van der Waals surface area (Å²) in [6, 6.07) is 16.2. The van der Waals surface area contributed by atoms with E-state index in [0.717, 1.165) is 33.3 Å². The number of pyridine rings is 1. The van der Waals surface area contributed by atoms with E-state index in [-0.39, 0.29) is 5.78 Å². The molecule has 0 N–H and O–H groups in total. The van der Waals surface area contributed by atoms with Crippen LogP contribution in [0.3, 0.4) is 0 Å². The van der Waals surface area contributed by atoms with Gasteiger partial charge in [-0.15, -0.1) is 12.6 Å². The maximum atomic E-state index is 12.8. The van der Waals surface area contributed by atoms with E-state index < -0.39 is 0 Å². The molecule has 3 heteroatoms. The summed E-state index contributed by atoms with van der Waals surface area (Å²) in [6.07, 6.45) is 3.07. The Morgan fingerprint density at radius 1 is 1.17 bits per heavy atom. The number of thiol groups is 1. The molecule has 0 amide bonds. The first-order valence-corrected chi connectivity index (χ1v) is 8.67. The molecule has 1 atom stereocenters. The topological polar surface area (TPSA) is 30.0 Å². The largest absolute Gasteiger partial charge is 0.294 e. The van der Waals surface area contributed by atoms with E-state index in [9.17, 15) is 4.79 Å². The Kier molecular flexibility index (Phi) is 5.00. The number of aromatic nitrogens is 1. The standard InChI is InChI=1S/C21H21NOS/c1-14-12-18-17(10-11-22-21(18)20(24)13-14)19(23)9-8-15(2)16-6-4-3-5-7-16/h3-7,10-13,15,24H,8-9H2,1-2H3. The van der Waals surface area contributed by atoms with Crippen molar-refractivity contribution in [1.82, 2.24) is 4.98 Å². The summed E-state index contributed by atoms with van der Waals surface area (Å²) < 4.78 is 0. The summed E-state index contributed by atoms with van der Waals surface area (Å²) in [6.45, 7) is 4.18. The number of hydrogen-bond donors (Lipinski definition) is 1. The highest BCUT2D eigenvalue weighted by Gasteiger charge is 2.14. The van der Waals surface area contributed by atoms with E-state index in [0.29, 0.717) is 12.3 Å². The Bertz CT molecular complexity index is 874. The van der Waals surface area contributed by atoms with Crippen LogP contribution in [0, 0.1) is 6.92 Å². The van der Waals surface area contributed by atoms with Gasteiger partial charge >= 0.3 is 0 Å². The van der Waals surface area contributed by atoms with E-state index >= 15 is 0 Å². The lowest BCUT2D eigenvalue weighted by Gasteiger charge is -2.12. The molecular weight excluding hydrogens is 314 g/mol. The Hall–Kier alpha value is -2.13. The van der Waals surface area contributed by atoms with Crippen LogP contribution in [0.5, 0.6) is 0 Å². The first-order chi connectivity index (χ1) is 11.6. The van der Waals surface area contributed by atoms with Crippen molar-refractivity contribution in [2.24, 2.45) is 0 Å². The molecule has 0 aliphatic carbocycles. The van der Waals surface area contributed by atoms with Gasteiger partial charge in [-0.3, -0.25) is 9.78 Å². The zero-order valence-corrected chi connectivity index (χ0v) is 14.9. The molecule has 0 fully saturated rings. The fraction of sp³-hybridized carbons (Fsp3) is 0.238. The van der Waals surface area contributed by atoms with Crippen molar-refractivity contribution in [2.45, 2.75) is 37.5 Å². The second kappa shape index (κ2) is 7.18. The van der Waals surface area contributed by atoms with Crippen LogP contribution in [0.15, 0.2) is 59.6 Å². The highest BCUT2D eigenvalue weighted by atomic mass is 32.1. The molecule has 24 heavy (non-hydrogen) atoms. The van der Waals surface area contributed by atoms with E-state index in [1.54, 1.807) is 6.20 Å². The number of benzene rings is 2. The molecule has 0 aliphatic heterocycles. The van der Waals surface area contributed by atoms with Crippen molar-refractivity contribution in [3.63, 3.8) is 0 Å². The van der Waals surface area contributed by atoms with Crippen LogP contribution in [-0.4, -0.2) is 10.8 Å². The Morgan fingerprint density at radius 2 is 1.92 bits per heavy atom. The van der Waals surface area contributed by atoms with Gasteiger partial charge in [-0.1, -0.05) is 37.3 Å². The molecule has 1 heterocycles. The highest BCUT2D eigenvalue weighted by Crippen LogP contribution is 2.27. The van der Waals surface area contributed by atoms with Crippen molar-refractivity contribution < 1.29 is 4.79 Å². The van der Waals surface area contributed by atoms with Crippen LogP contribution < -0.4 is 0 Å². The van der Waals surface area contributed by atoms with Gasteiger partial charge in [0.05, 0.1) is 5.52 Å². The SMILES string of the molecule is Cc1cc(S)c2nccc(C(=O)CCC(C)c3ccccc3)c2c1. The number of fused-ring (bicyclic) bond motifs is 1. The second-order valence-electron chi connectivity index (χ2n) is 6.31. The van der Waals surface area contributed by atoms with E-state index in [1.165, 1.54) is 5.56 Å². The smallest absolute Gasteiger partial charge is 0.163 e. The van der Waals surface area contributed by atoms with Crippen molar-refractivity contribution in [3.8, 4) is 0 Å². The summed E-state index contributed by atoms with van der Waals surface area (Å²) in [7, 11) is 0. The number of nitrogens with zero attached hydrogens (tertiary/aromatic N) is 1. The molecule has 3 aromatic rings. The van der Waals surface area contributed by atoms with Gasteiger partial charge < -0.3 is 0 Å². The molecule has 0 bridgehead atoms. The van der Waals surface area contributed by atoms with Gasteiger partial charge in [-0.25, -0.2) is 0 Å². The number of aryl methyl sites for hydroxylation is 1. The summed E-state index contributed by atoms with van der Waals surface area (Å²) in [5.41, 5.74) is 3.91. The molecule has 0 spiro atoms. The van der Waals surface area contributed by atoms with E-state index in [4.69, 9.17) is 0 Å². The molecule has 0 saturated heterocycles. The van der Waals surface area contributed by atoms with Crippen LogP contribution >= 0.6 is 12.6 Å². The molecule has 2 aromatic carbocycles. The van der Waals surface area contributed by atoms with Gasteiger partial charge in [0.25, 0.3) is 0 Å². The lowest BCUT2D eigenvalue weighted by atomic mass is 9.93. The number of hydrogen-bond acceptors (Lipinski definition) is 3. The number of rotatable bonds is 5. The maximum Gasteiger partial charge on any atom is 0.163 e. The molecule has 3 rings (SSSR count). The monoisotopic (exact) mass is 335 g/mol. The molecule has 1 aromatic heterocycles. The maximum absolute atomic E-state index is 12.8. The van der Waals surface area contributed by atoms with Crippen LogP contribution in [0.25, 0.3) is 10.9 Å². The quantitative estimate of drug-likeness (QED) is 0.486. The van der Waals surface area contributed by atoms with Gasteiger partial charge in [-0.05, 0) is 48.6 Å². The Morgan fingerprint density at radius 3 is 2.67 bits per heavy atom. The fourth-order valence-electron chi connectivity index (χ4n) is 3.05. The third-order valence-corrected chi connectivity index (χ3v) is 4.78. The average molecular weight is 335 g/mol. The van der Waals surface area contributed by atoms with Crippen LogP contribution in [0.1, 0.15) is 47.2 Å².